The third-order valence-corrected chi connectivity index (χ3v) is 4.17. The maximum absolute atomic E-state index is 11.9. The summed E-state index contributed by atoms with van der Waals surface area (Å²) in [7, 11) is 0. The van der Waals surface area contributed by atoms with Gasteiger partial charge in [-0.2, -0.15) is 0 Å². The number of hydrogen-bond donors (Lipinski definition) is 3. The van der Waals surface area contributed by atoms with E-state index in [1.807, 2.05) is 0 Å². The Balaban J connectivity index is 1.61. The Morgan fingerprint density at radius 1 is 1.26 bits per heavy atom. The predicted molar refractivity (Wildman–Crippen MR) is 74.9 cm³/mol. The molecule has 0 spiro atoms. The molecule has 1 unspecified atom stereocenters. The molecule has 0 aromatic carbocycles. The number of aliphatic hydroxyl groups excluding tert-OH is 1. The van der Waals surface area contributed by atoms with E-state index in [0.717, 1.165) is 39.0 Å². The summed E-state index contributed by atoms with van der Waals surface area (Å²) >= 11 is 0. The van der Waals surface area contributed by atoms with Crippen molar-refractivity contribution in [1.82, 2.24) is 15.5 Å². The Bertz CT molecular complexity index is 274. The lowest BCUT2D eigenvalue weighted by atomic mass is 9.88. The van der Waals surface area contributed by atoms with E-state index in [0.29, 0.717) is 13.1 Å². The van der Waals surface area contributed by atoms with Gasteiger partial charge in [0.1, 0.15) is 0 Å². The van der Waals surface area contributed by atoms with Gasteiger partial charge in [-0.1, -0.05) is 19.3 Å². The molecule has 19 heavy (non-hydrogen) atoms. The first-order chi connectivity index (χ1) is 9.25. The number of aliphatic hydroxyl groups is 1. The fourth-order valence-corrected chi connectivity index (χ4v) is 2.98. The molecule has 2 fully saturated rings. The van der Waals surface area contributed by atoms with E-state index in [4.69, 9.17) is 0 Å². The lowest BCUT2D eigenvalue weighted by molar-refractivity contribution is -0.126. The molecule has 0 aromatic heterocycles. The fourth-order valence-electron chi connectivity index (χ4n) is 2.98. The van der Waals surface area contributed by atoms with Crippen LogP contribution in [0.3, 0.4) is 0 Å². The Kier molecular flexibility index (Phi) is 6.07. The molecule has 1 amide bonds. The zero-order valence-electron chi connectivity index (χ0n) is 11.7. The minimum atomic E-state index is -0.453. The summed E-state index contributed by atoms with van der Waals surface area (Å²) in [6, 6.07) is 0. The van der Waals surface area contributed by atoms with Crippen molar-refractivity contribution in [3.63, 3.8) is 0 Å². The van der Waals surface area contributed by atoms with E-state index in [9.17, 15) is 9.90 Å². The van der Waals surface area contributed by atoms with E-state index in [1.54, 1.807) is 0 Å². The van der Waals surface area contributed by atoms with Crippen molar-refractivity contribution < 1.29 is 9.90 Å². The van der Waals surface area contributed by atoms with Crippen LogP contribution in [-0.2, 0) is 4.79 Å². The molecule has 5 heteroatoms. The van der Waals surface area contributed by atoms with Crippen molar-refractivity contribution in [1.29, 1.82) is 0 Å². The summed E-state index contributed by atoms with van der Waals surface area (Å²) in [4.78, 5) is 14.2. The van der Waals surface area contributed by atoms with Crippen molar-refractivity contribution in [2.24, 2.45) is 5.92 Å². The number of hydrogen-bond acceptors (Lipinski definition) is 4. The van der Waals surface area contributed by atoms with Gasteiger partial charge in [0, 0.05) is 45.2 Å². The second-order valence-electron chi connectivity index (χ2n) is 5.78. The van der Waals surface area contributed by atoms with Crippen LogP contribution in [-0.4, -0.2) is 61.3 Å². The molecule has 2 aliphatic rings. The normalized spacial score (nSPS) is 24.1. The summed E-state index contributed by atoms with van der Waals surface area (Å²) < 4.78 is 0. The lowest BCUT2D eigenvalue weighted by Crippen LogP contribution is -2.48. The smallest absolute Gasteiger partial charge is 0.223 e. The molecular formula is C14H27N3O2. The average molecular weight is 269 g/mol. The van der Waals surface area contributed by atoms with Crippen LogP contribution < -0.4 is 10.6 Å². The zero-order chi connectivity index (χ0) is 13.5. The first-order valence-corrected chi connectivity index (χ1v) is 7.64. The number of nitrogens with zero attached hydrogens (tertiary/aromatic N) is 1. The zero-order valence-corrected chi connectivity index (χ0v) is 11.7. The largest absolute Gasteiger partial charge is 0.390 e. The van der Waals surface area contributed by atoms with Gasteiger partial charge in [-0.05, 0) is 12.8 Å². The van der Waals surface area contributed by atoms with E-state index in [1.165, 1.54) is 19.3 Å². The highest BCUT2D eigenvalue weighted by Crippen LogP contribution is 2.23. The van der Waals surface area contributed by atoms with Crippen molar-refractivity contribution in [2.75, 3.05) is 39.3 Å². The van der Waals surface area contributed by atoms with Crippen molar-refractivity contribution in [3.05, 3.63) is 0 Å². The van der Waals surface area contributed by atoms with Gasteiger partial charge < -0.3 is 15.7 Å². The molecular weight excluding hydrogens is 242 g/mol. The highest BCUT2D eigenvalue weighted by molar-refractivity contribution is 5.78. The molecule has 5 nitrogen and oxygen atoms in total. The van der Waals surface area contributed by atoms with Crippen LogP contribution in [0.1, 0.15) is 32.1 Å². The molecule has 1 aliphatic carbocycles. The quantitative estimate of drug-likeness (QED) is 0.655. The number of piperazine rings is 1. The number of β-amino-alcohol motifs (C(OH)–C–C–N with tert-alkyl or cyclic N) is 1. The second kappa shape index (κ2) is 7.82. The van der Waals surface area contributed by atoms with Gasteiger partial charge in [-0.25, -0.2) is 0 Å². The van der Waals surface area contributed by atoms with E-state index >= 15 is 0 Å². The monoisotopic (exact) mass is 269 g/mol. The second-order valence-corrected chi connectivity index (χ2v) is 5.78. The summed E-state index contributed by atoms with van der Waals surface area (Å²) in [5.41, 5.74) is 0. The summed E-state index contributed by atoms with van der Waals surface area (Å²) in [5, 5.41) is 16.2. The van der Waals surface area contributed by atoms with E-state index < -0.39 is 6.10 Å². The first-order valence-electron chi connectivity index (χ1n) is 7.64. The van der Waals surface area contributed by atoms with Gasteiger partial charge in [0.05, 0.1) is 6.10 Å². The van der Waals surface area contributed by atoms with Crippen molar-refractivity contribution in [3.8, 4) is 0 Å². The first kappa shape index (κ1) is 14.8. The van der Waals surface area contributed by atoms with Crippen molar-refractivity contribution >= 4 is 5.91 Å². The molecule has 1 heterocycles. The molecule has 2 rings (SSSR count). The Morgan fingerprint density at radius 3 is 2.63 bits per heavy atom. The predicted octanol–water partition coefficient (Wildman–Crippen LogP) is -0.0510. The summed E-state index contributed by atoms with van der Waals surface area (Å²) in [6.45, 7) is 4.98. The number of amides is 1. The Labute approximate surface area is 115 Å². The summed E-state index contributed by atoms with van der Waals surface area (Å²) in [6.07, 6.45) is 5.17. The minimum absolute atomic E-state index is 0.138. The Hall–Kier alpha value is -0.650. The SMILES string of the molecule is O=C(NCC(O)CN1CCNCC1)C1CCCCC1. The fraction of sp³-hybridized carbons (Fsp3) is 0.929. The summed E-state index contributed by atoms with van der Waals surface area (Å²) in [5.74, 6) is 0.319. The maximum atomic E-state index is 11.9. The number of carbonyl (C=O) groups excluding carboxylic acids is 1. The van der Waals surface area contributed by atoms with Crippen LogP contribution in [0.25, 0.3) is 0 Å². The maximum Gasteiger partial charge on any atom is 0.223 e. The topological polar surface area (TPSA) is 64.6 Å². The molecule has 1 aliphatic heterocycles. The number of rotatable bonds is 5. The lowest BCUT2D eigenvalue weighted by Gasteiger charge is -2.29. The molecule has 0 radical (unpaired) electrons. The highest BCUT2D eigenvalue weighted by Gasteiger charge is 2.22. The van der Waals surface area contributed by atoms with Crippen LogP contribution in [0.4, 0.5) is 0 Å². The average Bonchev–Trinajstić information content (AvgIpc) is 2.47. The molecule has 3 N–H and O–H groups in total. The van der Waals surface area contributed by atoms with Crippen LogP contribution in [0, 0.1) is 5.92 Å². The number of carbonyl (C=O) groups is 1. The molecule has 1 saturated carbocycles. The van der Waals surface area contributed by atoms with Gasteiger partial charge in [0.25, 0.3) is 0 Å². The van der Waals surface area contributed by atoms with Crippen LogP contribution in [0.15, 0.2) is 0 Å². The molecule has 1 atom stereocenters. The molecule has 1 saturated heterocycles. The van der Waals surface area contributed by atoms with Gasteiger partial charge in [0.2, 0.25) is 5.91 Å². The third kappa shape index (κ3) is 5.09. The molecule has 0 aromatic rings. The molecule has 0 bridgehead atoms. The van der Waals surface area contributed by atoms with Gasteiger partial charge in [-0.3, -0.25) is 9.69 Å². The third-order valence-electron chi connectivity index (χ3n) is 4.17. The number of nitrogens with one attached hydrogen (secondary N) is 2. The molecule has 110 valence electrons. The van der Waals surface area contributed by atoms with Crippen LogP contribution >= 0.6 is 0 Å². The highest BCUT2D eigenvalue weighted by atomic mass is 16.3. The van der Waals surface area contributed by atoms with Gasteiger partial charge in [-0.15, -0.1) is 0 Å². The standard InChI is InChI=1S/C14H27N3O2/c18-13(11-17-8-6-15-7-9-17)10-16-14(19)12-4-2-1-3-5-12/h12-13,15,18H,1-11H2,(H,16,19). The Morgan fingerprint density at radius 2 is 1.95 bits per heavy atom. The van der Waals surface area contributed by atoms with Gasteiger partial charge >= 0.3 is 0 Å². The van der Waals surface area contributed by atoms with Crippen LogP contribution in [0.5, 0.6) is 0 Å². The van der Waals surface area contributed by atoms with Crippen LogP contribution in [0.2, 0.25) is 0 Å². The van der Waals surface area contributed by atoms with Gasteiger partial charge in [0.15, 0.2) is 0 Å². The minimum Gasteiger partial charge on any atom is -0.390 e. The van der Waals surface area contributed by atoms with Crippen molar-refractivity contribution in [2.45, 2.75) is 38.2 Å². The van der Waals surface area contributed by atoms with E-state index in [-0.39, 0.29) is 11.8 Å². The van der Waals surface area contributed by atoms with E-state index in [2.05, 4.69) is 15.5 Å².